The number of para-hydroxylation sites is 2. The molecule has 0 bridgehead atoms. The number of hydrogen-bond donors (Lipinski definition) is 4. The number of carbonyl (C=O) groups is 5. The number of piperidine rings is 1. The van der Waals surface area contributed by atoms with Gasteiger partial charge in [0.25, 0.3) is 5.91 Å². The Morgan fingerprint density at radius 2 is 1.80 bits per heavy atom. The fourth-order valence-corrected chi connectivity index (χ4v) is 7.03. The van der Waals surface area contributed by atoms with Gasteiger partial charge in [0, 0.05) is 32.6 Å². The van der Waals surface area contributed by atoms with Crippen molar-refractivity contribution in [2.45, 2.75) is 84.5 Å². The van der Waals surface area contributed by atoms with E-state index in [4.69, 9.17) is 15.2 Å². The smallest absolute Gasteiger partial charge is 0.265 e. The molecule has 0 radical (unpaired) electrons. The highest BCUT2D eigenvalue weighted by atomic mass is 16.5. The van der Waals surface area contributed by atoms with Crippen molar-refractivity contribution < 1.29 is 33.4 Å². The fourth-order valence-electron chi connectivity index (χ4n) is 7.03. The van der Waals surface area contributed by atoms with Gasteiger partial charge >= 0.3 is 0 Å². The first-order valence-corrected chi connectivity index (χ1v) is 15.5. The third kappa shape index (κ3) is 6.40. The van der Waals surface area contributed by atoms with Crippen LogP contribution in [-0.2, 0) is 28.7 Å². The maximum atomic E-state index is 14.2. The monoisotopic (exact) mass is 611 g/mol. The van der Waals surface area contributed by atoms with E-state index in [1.165, 1.54) is 0 Å². The van der Waals surface area contributed by atoms with Gasteiger partial charge in [-0.15, -0.1) is 0 Å². The number of primary amides is 1. The Bertz CT molecular complexity index is 1320. The number of ether oxygens (including phenoxy) is 2. The highest BCUT2D eigenvalue weighted by molar-refractivity contribution is 5.99. The topological polar surface area (TPSA) is 169 Å². The highest BCUT2D eigenvalue weighted by Gasteiger charge is 2.70. The third-order valence-electron chi connectivity index (χ3n) is 9.81. The van der Waals surface area contributed by atoms with E-state index < -0.39 is 47.4 Å². The van der Waals surface area contributed by atoms with Gasteiger partial charge < -0.3 is 36.1 Å². The Kier molecular flexibility index (Phi) is 8.67. The lowest BCUT2D eigenvalue weighted by atomic mass is 9.84. The summed E-state index contributed by atoms with van der Waals surface area (Å²) in [6.45, 7) is 11.4. The largest absolute Gasteiger partial charge is 0.478 e. The van der Waals surface area contributed by atoms with E-state index in [2.05, 4.69) is 29.8 Å². The van der Waals surface area contributed by atoms with Gasteiger partial charge in [0.1, 0.15) is 23.9 Å². The van der Waals surface area contributed by atoms with Crippen LogP contribution in [0.2, 0.25) is 0 Å². The van der Waals surface area contributed by atoms with E-state index in [0.717, 1.165) is 12.8 Å². The van der Waals surface area contributed by atoms with Crippen molar-refractivity contribution in [1.82, 2.24) is 15.5 Å². The van der Waals surface area contributed by atoms with Crippen molar-refractivity contribution >= 4 is 35.2 Å². The molecule has 5 rings (SSSR count). The van der Waals surface area contributed by atoms with Gasteiger partial charge in [-0.2, -0.15) is 0 Å². The molecule has 0 spiro atoms. The number of benzene rings is 1. The van der Waals surface area contributed by atoms with Gasteiger partial charge in [0.15, 0.2) is 6.10 Å². The molecule has 1 aromatic carbocycles. The molecule has 6 atom stereocenters. The first-order chi connectivity index (χ1) is 20.7. The Balaban J connectivity index is 1.30. The first kappa shape index (κ1) is 31.7. The van der Waals surface area contributed by atoms with Crippen LogP contribution in [0.25, 0.3) is 0 Å². The fraction of sp³-hybridized carbons (Fsp3) is 0.656. The predicted molar refractivity (Wildman–Crippen MR) is 161 cm³/mol. The summed E-state index contributed by atoms with van der Waals surface area (Å²) in [6, 6.07) is 4.01. The van der Waals surface area contributed by atoms with E-state index in [1.54, 1.807) is 29.2 Å². The first-order valence-electron chi connectivity index (χ1n) is 15.5. The summed E-state index contributed by atoms with van der Waals surface area (Å²) in [6.07, 6.45) is 0.690. The van der Waals surface area contributed by atoms with Crippen molar-refractivity contribution in [2.24, 2.45) is 34.3 Å². The van der Waals surface area contributed by atoms with Crippen LogP contribution < -0.4 is 26.4 Å². The summed E-state index contributed by atoms with van der Waals surface area (Å²) < 4.78 is 11.2. The molecule has 12 nitrogen and oxygen atoms in total. The summed E-state index contributed by atoms with van der Waals surface area (Å²) in [7, 11) is 0. The van der Waals surface area contributed by atoms with Crippen LogP contribution in [0.15, 0.2) is 24.3 Å². The SMILES string of the molecule is CC(C)(C)C(NC(=O)CC1CCOCC1)C(=O)N1C[C@H]2[C@@H]([C@H]1C(=O)NC(C[C@@H]1Oc3ccccc3NC1=O)C(N)=O)C2(C)C. The number of likely N-dealkylation sites (tertiary alicyclic amines) is 1. The van der Waals surface area contributed by atoms with Gasteiger partial charge in [0.2, 0.25) is 23.6 Å². The molecule has 1 saturated carbocycles. The highest BCUT2D eigenvalue weighted by Crippen LogP contribution is 2.65. The lowest BCUT2D eigenvalue weighted by Crippen LogP contribution is -2.61. The molecule has 5 amide bonds. The molecule has 3 fully saturated rings. The Labute approximate surface area is 258 Å². The summed E-state index contributed by atoms with van der Waals surface area (Å²) in [5.74, 6) is -1.69. The number of anilines is 1. The van der Waals surface area contributed by atoms with Crippen LogP contribution in [0.3, 0.4) is 0 Å². The molecule has 1 aliphatic carbocycles. The standard InChI is InChI=1S/C32H45N5O7/c1-31(2,3)26(36-23(38)14-17-10-12-43-13-11-17)30(42)37-16-18-24(32(18,4)5)25(37)29(41)35-20(27(33)39)15-22-28(40)34-19-8-6-7-9-21(19)44-22/h6-9,17-18,20,22,24-26H,10-16H2,1-5H3,(H2,33,39)(H,34,40)(H,35,41)(H,36,38)/t18-,20?,22-,24-,25-,26?/m0/s1. The van der Waals surface area contributed by atoms with Crippen LogP contribution in [0, 0.1) is 28.6 Å². The zero-order chi connectivity index (χ0) is 32.0. The van der Waals surface area contributed by atoms with Gasteiger partial charge in [-0.05, 0) is 53.6 Å². The average Bonchev–Trinajstić information content (AvgIpc) is 3.27. The number of amides is 5. The quantitative estimate of drug-likeness (QED) is 0.329. The minimum atomic E-state index is -1.21. The van der Waals surface area contributed by atoms with Crippen molar-refractivity contribution in [3.8, 4) is 5.75 Å². The lowest BCUT2D eigenvalue weighted by Gasteiger charge is -2.38. The van der Waals surface area contributed by atoms with Crippen LogP contribution in [0.1, 0.15) is 60.3 Å². The average molecular weight is 612 g/mol. The maximum Gasteiger partial charge on any atom is 0.265 e. The second-order valence-electron chi connectivity index (χ2n) is 14.3. The van der Waals surface area contributed by atoms with Crippen molar-refractivity contribution in [1.29, 1.82) is 0 Å². The molecular weight excluding hydrogens is 566 g/mol. The number of carbonyl (C=O) groups excluding carboxylic acids is 5. The second-order valence-corrected chi connectivity index (χ2v) is 14.3. The van der Waals surface area contributed by atoms with Crippen LogP contribution in [0.5, 0.6) is 5.75 Å². The van der Waals surface area contributed by atoms with Crippen LogP contribution >= 0.6 is 0 Å². The number of nitrogens with two attached hydrogens (primary N) is 1. The molecule has 0 aromatic heterocycles. The van der Waals surface area contributed by atoms with Gasteiger partial charge in [-0.1, -0.05) is 46.8 Å². The molecule has 240 valence electrons. The zero-order valence-corrected chi connectivity index (χ0v) is 26.2. The Morgan fingerprint density at radius 3 is 2.45 bits per heavy atom. The molecule has 2 unspecified atom stereocenters. The summed E-state index contributed by atoms with van der Waals surface area (Å²) in [5.41, 5.74) is 5.41. The van der Waals surface area contributed by atoms with Crippen molar-refractivity contribution in [2.75, 3.05) is 25.1 Å². The van der Waals surface area contributed by atoms with Crippen molar-refractivity contribution in [3.05, 3.63) is 24.3 Å². The number of fused-ring (bicyclic) bond motifs is 2. The molecule has 3 aliphatic heterocycles. The van der Waals surface area contributed by atoms with E-state index >= 15 is 0 Å². The Morgan fingerprint density at radius 1 is 1.11 bits per heavy atom. The molecule has 3 heterocycles. The van der Waals surface area contributed by atoms with E-state index in [0.29, 0.717) is 37.6 Å². The predicted octanol–water partition coefficient (Wildman–Crippen LogP) is 1.58. The number of nitrogens with one attached hydrogen (secondary N) is 3. The van der Waals surface area contributed by atoms with Gasteiger partial charge in [0.05, 0.1) is 5.69 Å². The normalized spacial score (nSPS) is 27.1. The minimum Gasteiger partial charge on any atom is -0.478 e. The second kappa shape index (κ2) is 12.0. The Hall–Kier alpha value is -3.67. The molecule has 12 heteroatoms. The van der Waals surface area contributed by atoms with Crippen LogP contribution in [-0.4, -0.2) is 78.4 Å². The van der Waals surface area contributed by atoms with Crippen molar-refractivity contribution in [3.63, 3.8) is 0 Å². The lowest BCUT2D eigenvalue weighted by molar-refractivity contribution is -0.146. The molecule has 1 aromatic rings. The third-order valence-corrected chi connectivity index (χ3v) is 9.81. The zero-order valence-electron chi connectivity index (χ0n) is 26.2. The molecule has 5 N–H and O–H groups in total. The summed E-state index contributed by atoms with van der Waals surface area (Å²) in [4.78, 5) is 68.0. The molecule has 44 heavy (non-hydrogen) atoms. The molecular formula is C32H45N5O7. The van der Waals surface area contributed by atoms with E-state index in [1.807, 2.05) is 20.8 Å². The van der Waals surface area contributed by atoms with Gasteiger partial charge in [-0.3, -0.25) is 24.0 Å². The maximum absolute atomic E-state index is 14.2. The summed E-state index contributed by atoms with van der Waals surface area (Å²) in [5, 5.41) is 8.47. The molecule has 4 aliphatic rings. The number of hydrogen-bond acceptors (Lipinski definition) is 7. The van der Waals surface area contributed by atoms with Crippen LogP contribution in [0.4, 0.5) is 5.69 Å². The minimum absolute atomic E-state index is 0.0942. The van der Waals surface area contributed by atoms with E-state index in [-0.39, 0.29) is 41.4 Å². The summed E-state index contributed by atoms with van der Waals surface area (Å²) >= 11 is 0. The van der Waals surface area contributed by atoms with E-state index in [9.17, 15) is 24.0 Å². The number of nitrogens with zero attached hydrogens (tertiary/aromatic N) is 1. The number of rotatable bonds is 9. The van der Waals surface area contributed by atoms with Gasteiger partial charge in [-0.25, -0.2) is 0 Å². The molecule has 2 saturated heterocycles.